The lowest BCUT2D eigenvalue weighted by Crippen LogP contribution is -2.35. The fourth-order valence-electron chi connectivity index (χ4n) is 1.94. The van der Waals surface area contributed by atoms with Gasteiger partial charge in [-0.05, 0) is 38.0 Å². The van der Waals surface area contributed by atoms with Crippen LogP contribution in [0, 0.1) is 11.8 Å². The van der Waals surface area contributed by atoms with Crippen LogP contribution in [0.5, 0.6) is 0 Å². The van der Waals surface area contributed by atoms with Crippen LogP contribution in [0.1, 0.15) is 40.2 Å². The highest BCUT2D eigenvalue weighted by Gasteiger charge is 2.14. The zero-order valence-electron chi connectivity index (χ0n) is 13.6. The lowest BCUT2D eigenvalue weighted by molar-refractivity contribution is -0.125. The highest BCUT2D eigenvalue weighted by Crippen LogP contribution is 2.15. The van der Waals surface area contributed by atoms with E-state index in [-0.39, 0.29) is 29.7 Å². The number of hydrogen-bond acceptors (Lipinski definition) is 2. The predicted octanol–water partition coefficient (Wildman–Crippen LogP) is 2.98. The second kappa shape index (κ2) is 7.81. The van der Waals surface area contributed by atoms with E-state index in [1.54, 1.807) is 0 Å². The number of hydrogen-bond donors (Lipinski definition) is 2. The van der Waals surface area contributed by atoms with Crippen LogP contribution < -0.4 is 10.6 Å². The third-order valence-corrected chi connectivity index (χ3v) is 3.14. The molecule has 0 aliphatic heterocycles. The summed E-state index contributed by atoms with van der Waals surface area (Å²) in [5.74, 6) is -0.0905. The number of amides is 2. The van der Waals surface area contributed by atoms with Crippen molar-refractivity contribution in [2.45, 2.75) is 47.1 Å². The zero-order chi connectivity index (χ0) is 16.0. The summed E-state index contributed by atoms with van der Waals surface area (Å²) in [5.41, 5.74) is 1.82. The maximum absolute atomic E-state index is 11.9. The largest absolute Gasteiger partial charge is 0.354 e. The van der Waals surface area contributed by atoms with Crippen molar-refractivity contribution in [3.63, 3.8) is 0 Å². The molecule has 2 amide bonds. The molecule has 0 bridgehead atoms. The Bertz CT molecular complexity index is 495. The van der Waals surface area contributed by atoms with E-state index in [2.05, 4.69) is 10.6 Å². The molecule has 0 saturated heterocycles. The quantitative estimate of drug-likeness (QED) is 0.846. The van der Waals surface area contributed by atoms with Gasteiger partial charge in [-0.2, -0.15) is 0 Å². The van der Waals surface area contributed by atoms with Gasteiger partial charge in [-0.1, -0.05) is 32.9 Å². The molecule has 2 N–H and O–H groups in total. The highest BCUT2D eigenvalue weighted by molar-refractivity contribution is 5.92. The third kappa shape index (κ3) is 5.98. The minimum atomic E-state index is -0.0940. The van der Waals surface area contributed by atoms with Crippen molar-refractivity contribution in [2.24, 2.45) is 11.8 Å². The predicted molar refractivity (Wildman–Crippen MR) is 86.1 cm³/mol. The molecule has 0 spiro atoms. The lowest BCUT2D eigenvalue weighted by atomic mass is 9.99. The van der Waals surface area contributed by atoms with Crippen LogP contribution in [0.4, 0.5) is 5.69 Å². The van der Waals surface area contributed by atoms with Gasteiger partial charge in [0.15, 0.2) is 0 Å². The Hall–Kier alpha value is -1.84. The van der Waals surface area contributed by atoms with E-state index >= 15 is 0 Å². The van der Waals surface area contributed by atoms with Crippen LogP contribution in [0.25, 0.3) is 0 Å². The standard InChI is InChI=1S/C17H26N2O2/c1-11(2)16(20)19-15-8-6-7-14(10-15)9-13(5)17(21)18-12(3)4/h6-8,10-13H,9H2,1-5H3,(H,18,21)(H,19,20). The summed E-state index contributed by atoms with van der Waals surface area (Å²) in [5, 5.41) is 5.79. The van der Waals surface area contributed by atoms with E-state index in [4.69, 9.17) is 0 Å². The van der Waals surface area contributed by atoms with Gasteiger partial charge in [-0.25, -0.2) is 0 Å². The molecule has 1 aromatic rings. The molecule has 116 valence electrons. The minimum Gasteiger partial charge on any atom is -0.354 e. The van der Waals surface area contributed by atoms with Crippen molar-refractivity contribution in [1.29, 1.82) is 0 Å². The molecule has 0 aromatic heterocycles. The molecule has 0 radical (unpaired) electrons. The molecule has 0 fully saturated rings. The summed E-state index contributed by atoms with van der Waals surface area (Å²) in [6.07, 6.45) is 0.657. The van der Waals surface area contributed by atoms with Gasteiger partial charge in [0.05, 0.1) is 0 Å². The molecule has 0 aliphatic carbocycles. The normalized spacial score (nSPS) is 12.3. The fourth-order valence-corrected chi connectivity index (χ4v) is 1.94. The monoisotopic (exact) mass is 290 g/mol. The third-order valence-electron chi connectivity index (χ3n) is 3.14. The van der Waals surface area contributed by atoms with Gasteiger partial charge in [0, 0.05) is 23.6 Å². The average Bonchev–Trinajstić information content (AvgIpc) is 2.38. The van der Waals surface area contributed by atoms with Gasteiger partial charge < -0.3 is 10.6 Å². The summed E-state index contributed by atoms with van der Waals surface area (Å²) in [6, 6.07) is 7.82. The number of benzene rings is 1. The Morgan fingerprint density at radius 2 is 1.71 bits per heavy atom. The maximum Gasteiger partial charge on any atom is 0.226 e. The average molecular weight is 290 g/mol. The summed E-state index contributed by atoms with van der Waals surface area (Å²) >= 11 is 0. The van der Waals surface area contributed by atoms with Gasteiger partial charge in [0.25, 0.3) is 0 Å². The molecule has 1 aromatic carbocycles. The molecular formula is C17H26N2O2. The Morgan fingerprint density at radius 1 is 1.05 bits per heavy atom. The van der Waals surface area contributed by atoms with Crippen molar-refractivity contribution < 1.29 is 9.59 Å². The van der Waals surface area contributed by atoms with Crippen LogP contribution in [-0.2, 0) is 16.0 Å². The Kier molecular flexibility index (Phi) is 6.40. The first-order chi connectivity index (χ1) is 9.79. The summed E-state index contributed by atoms with van der Waals surface area (Å²) < 4.78 is 0. The molecule has 1 rings (SSSR count). The van der Waals surface area contributed by atoms with Gasteiger partial charge in [0.1, 0.15) is 0 Å². The van der Waals surface area contributed by atoms with Gasteiger partial charge >= 0.3 is 0 Å². The number of rotatable bonds is 6. The van der Waals surface area contributed by atoms with Crippen LogP contribution in [-0.4, -0.2) is 17.9 Å². The van der Waals surface area contributed by atoms with Gasteiger partial charge in [-0.3, -0.25) is 9.59 Å². The molecule has 1 atom stereocenters. The molecule has 0 aliphatic rings. The fraction of sp³-hybridized carbons (Fsp3) is 0.529. The first-order valence-corrected chi connectivity index (χ1v) is 7.49. The van der Waals surface area contributed by atoms with E-state index in [1.807, 2.05) is 58.9 Å². The Labute approximate surface area is 127 Å². The van der Waals surface area contributed by atoms with E-state index in [9.17, 15) is 9.59 Å². The van der Waals surface area contributed by atoms with Crippen LogP contribution in [0.15, 0.2) is 24.3 Å². The van der Waals surface area contributed by atoms with E-state index in [0.29, 0.717) is 6.42 Å². The second-order valence-electron chi connectivity index (χ2n) is 6.11. The highest BCUT2D eigenvalue weighted by atomic mass is 16.2. The van der Waals surface area contributed by atoms with E-state index in [0.717, 1.165) is 11.3 Å². The van der Waals surface area contributed by atoms with Gasteiger partial charge in [0.2, 0.25) is 11.8 Å². The lowest BCUT2D eigenvalue weighted by Gasteiger charge is -2.15. The first kappa shape index (κ1) is 17.2. The summed E-state index contributed by atoms with van der Waals surface area (Å²) in [4.78, 5) is 23.6. The topological polar surface area (TPSA) is 58.2 Å². The van der Waals surface area contributed by atoms with Crippen molar-refractivity contribution in [3.8, 4) is 0 Å². The van der Waals surface area contributed by atoms with Crippen LogP contribution in [0.2, 0.25) is 0 Å². The van der Waals surface area contributed by atoms with E-state index < -0.39 is 0 Å². The summed E-state index contributed by atoms with van der Waals surface area (Å²) in [6.45, 7) is 9.53. The van der Waals surface area contributed by atoms with Crippen LogP contribution in [0.3, 0.4) is 0 Å². The minimum absolute atomic E-state index is 0.00208. The summed E-state index contributed by atoms with van der Waals surface area (Å²) in [7, 11) is 0. The second-order valence-corrected chi connectivity index (χ2v) is 6.11. The van der Waals surface area contributed by atoms with Crippen molar-refractivity contribution >= 4 is 17.5 Å². The smallest absolute Gasteiger partial charge is 0.226 e. The molecular weight excluding hydrogens is 264 g/mol. The first-order valence-electron chi connectivity index (χ1n) is 7.49. The van der Waals surface area contributed by atoms with E-state index in [1.165, 1.54) is 0 Å². The number of carbonyl (C=O) groups excluding carboxylic acids is 2. The zero-order valence-corrected chi connectivity index (χ0v) is 13.6. The Morgan fingerprint density at radius 3 is 2.29 bits per heavy atom. The maximum atomic E-state index is 11.9. The Balaban J connectivity index is 2.68. The molecule has 4 nitrogen and oxygen atoms in total. The molecule has 21 heavy (non-hydrogen) atoms. The molecule has 4 heteroatoms. The molecule has 0 saturated carbocycles. The van der Waals surface area contributed by atoms with Crippen LogP contribution >= 0.6 is 0 Å². The van der Waals surface area contributed by atoms with Crippen molar-refractivity contribution in [3.05, 3.63) is 29.8 Å². The number of nitrogens with one attached hydrogen (secondary N) is 2. The molecule has 1 unspecified atom stereocenters. The van der Waals surface area contributed by atoms with Crippen molar-refractivity contribution in [1.82, 2.24) is 5.32 Å². The SMILES string of the molecule is CC(C)NC(=O)C(C)Cc1cccc(NC(=O)C(C)C)c1. The van der Waals surface area contributed by atoms with Crippen molar-refractivity contribution in [2.75, 3.05) is 5.32 Å². The number of carbonyl (C=O) groups is 2. The molecule has 0 heterocycles. The number of anilines is 1. The van der Waals surface area contributed by atoms with Gasteiger partial charge in [-0.15, -0.1) is 0 Å².